The van der Waals surface area contributed by atoms with Crippen LogP contribution in [0.4, 0.5) is 17.1 Å². The Labute approximate surface area is 240 Å². The number of thiophene rings is 1. The van der Waals surface area contributed by atoms with Gasteiger partial charge in [-0.2, -0.15) is 0 Å². The van der Waals surface area contributed by atoms with Crippen LogP contribution in [0.25, 0.3) is 10.9 Å². The normalized spacial score (nSPS) is 18.1. The average molecular weight is 565 g/mol. The minimum absolute atomic E-state index is 0.228. The van der Waals surface area contributed by atoms with Crippen LogP contribution in [0.15, 0.2) is 96.8 Å². The zero-order valence-corrected chi connectivity index (χ0v) is 22.8. The highest BCUT2D eigenvalue weighted by Gasteiger charge is 2.48. The van der Waals surface area contributed by atoms with Gasteiger partial charge < -0.3 is 26.4 Å². The fourth-order valence-corrected chi connectivity index (χ4v) is 5.68. The molecule has 1 aliphatic rings. The molecule has 9 nitrogen and oxygen atoms in total. The topological polar surface area (TPSA) is 128 Å². The van der Waals surface area contributed by atoms with Gasteiger partial charge in [-0.15, -0.1) is 11.3 Å². The summed E-state index contributed by atoms with van der Waals surface area (Å²) in [7, 11) is 0. The van der Waals surface area contributed by atoms with E-state index in [1.165, 1.54) is 11.3 Å². The van der Waals surface area contributed by atoms with Crippen molar-refractivity contribution in [2.75, 3.05) is 16.0 Å². The maximum absolute atomic E-state index is 13.2. The summed E-state index contributed by atoms with van der Waals surface area (Å²) in [5, 5.41) is 26.1. The number of rotatable bonds is 10. The summed E-state index contributed by atoms with van der Waals surface area (Å²) in [4.78, 5) is 34.6. The van der Waals surface area contributed by atoms with E-state index in [-0.39, 0.29) is 11.7 Å². The molecular formula is C31H28N6O3S. The molecule has 1 amide bonds. The summed E-state index contributed by atoms with van der Waals surface area (Å²) in [5.41, 5.74) is 5.00. The summed E-state index contributed by atoms with van der Waals surface area (Å²) in [6.07, 6.45) is 4.10. The number of carbonyl (C=O) groups excluding carboxylic acids is 2. The number of carbonyl (C=O) groups is 2. The van der Waals surface area contributed by atoms with Crippen molar-refractivity contribution >= 4 is 51.0 Å². The van der Waals surface area contributed by atoms with Gasteiger partial charge in [0.15, 0.2) is 5.78 Å². The van der Waals surface area contributed by atoms with Crippen LogP contribution in [0, 0.1) is 0 Å². The standard InChI is InChI=1S/C31H28N6O3S/c38-28-26(35-17-19-5-4-12-32-16-19)27(29(28)39)36-21-6-3-7-22(15-21)37-31(40)30-25(11-14-41-30)34-18-20-10-13-33-24-9-2-1-8-23(20)24/h1-16,26-27,29,34-36,39H,17-18H2,(H,37,40)/t26?,27?,29-/m0/s1. The molecule has 0 spiro atoms. The van der Waals surface area contributed by atoms with Crippen molar-refractivity contribution in [3.63, 3.8) is 0 Å². The van der Waals surface area contributed by atoms with Crippen LogP contribution >= 0.6 is 11.3 Å². The number of aliphatic hydroxyl groups is 1. The smallest absolute Gasteiger partial charge is 0.267 e. The minimum Gasteiger partial charge on any atom is -0.383 e. The van der Waals surface area contributed by atoms with E-state index < -0.39 is 18.2 Å². The number of nitrogens with one attached hydrogen (secondary N) is 4. The van der Waals surface area contributed by atoms with Crippen LogP contribution in [-0.2, 0) is 17.9 Å². The molecule has 2 aromatic carbocycles. The summed E-state index contributed by atoms with van der Waals surface area (Å²) in [6, 6.07) is 21.8. The van der Waals surface area contributed by atoms with E-state index in [9.17, 15) is 14.7 Å². The largest absolute Gasteiger partial charge is 0.383 e. The van der Waals surface area contributed by atoms with E-state index in [4.69, 9.17) is 0 Å². The first-order valence-corrected chi connectivity index (χ1v) is 14.1. The van der Waals surface area contributed by atoms with Crippen LogP contribution in [-0.4, -0.2) is 45.0 Å². The van der Waals surface area contributed by atoms with E-state index in [0.29, 0.717) is 29.3 Å². The molecule has 1 aliphatic carbocycles. The van der Waals surface area contributed by atoms with Crippen molar-refractivity contribution in [2.24, 2.45) is 0 Å². The van der Waals surface area contributed by atoms with E-state index >= 15 is 0 Å². The molecule has 10 heteroatoms. The molecule has 2 unspecified atom stereocenters. The van der Waals surface area contributed by atoms with Crippen LogP contribution < -0.4 is 21.3 Å². The lowest BCUT2D eigenvalue weighted by atomic mass is 9.81. The van der Waals surface area contributed by atoms with Crippen LogP contribution in [0.5, 0.6) is 0 Å². The van der Waals surface area contributed by atoms with Gasteiger partial charge in [-0.1, -0.05) is 30.3 Å². The Morgan fingerprint density at radius 2 is 1.83 bits per heavy atom. The molecule has 6 rings (SSSR count). The minimum atomic E-state index is -1.11. The number of pyridine rings is 2. The van der Waals surface area contributed by atoms with Gasteiger partial charge in [0.2, 0.25) is 0 Å². The number of amides is 1. The Kier molecular flexibility index (Phi) is 7.68. The Hall–Kier alpha value is -4.64. The number of aromatic nitrogens is 2. The van der Waals surface area contributed by atoms with Gasteiger partial charge in [0.05, 0.1) is 23.3 Å². The second-order valence-corrected chi connectivity index (χ2v) is 10.7. The summed E-state index contributed by atoms with van der Waals surface area (Å²) in [6.45, 7) is 1.01. The number of benzene rings is 2. The summed E-state index contributed by atoms with van der Waals surface area (Å²) < 4.78 is 0. The molecule has 3 heterocycles. The second-order valence-electron chi connectivity index (χ2n) is 9.78. The first-order valence-electron chi connectivity index (χ1n) is 13.2. The molecule has 0 aliphatic heterocycles. The fourth-order valence-electron chi connectivity index (χ4n) is 4.91. The first-order chi connectivity index (χ1) is 20.1. The van der Waals surface area contributed by atoms with Gasteiger partial charge in [-0.05, 0) is 59.0 Å². The lowest BCUT2D eigenvalue weighted by Crippen LogP contribution is -2.69. The third-order valence-electron chi connectivity index (χ3n) is 7.08. The van der Waals surface area contributed by atoms with Crippen molar-refractivity contribution in [3.05, 3.63) is 113 Å². The molecular weight excluding hydrogens is 536 g/mol. The first kappa shape index (κ1) is 26.6. The average Bonchev–Trinajstić information content (AvgIpc) is 3.49. The van der Waals surface area contributed by atoms with Crippen LogP contribution in [0.1, 0.15) is 20.8 Å². The maximum Gasteiger partial charge on any atom is 0.267 e. The van der Waals surface area contributed by atoms with Crippen LogP contribution in [0.3, 0.4) is 0 Å². The number of para-hydroxylation sites is 1. The quantitative estimate of drug-likeness (QED) is 0.169. The molecule has 1 saturated carbocycles. The molecule has 1 fully saturated rings. The van der Waals surface area contributed by atoms with Gasteiger partial charge in [0.1, 0.15) is 11.0 Å². The van der Waals surface area contributed by atoms with Crippen molar-refractivity contribution in [1.82, 2.24) is 15.3 Å². The molecule has 0 saturated heterocycles. The van der Waals surface area contributed by atoms with Gasteiger partial charge in [-0.25, -0.2) is 0 Å². The molecule has 0 radical (unpaired) electrons. The van der Waals surface area contributed by atoms with Gasteiger partial charge in [0, 0.05) is 48.4 Å². The number of ketones is 1. The Balaban J connectivity index is 1.09. The molecule has 0 bridgehead atoms. The van der Waals surface area contributed by atoms with E-state index in [1.807, 2.05) is 66.0 Å². The number of hydrogen-bond acceptors (Lipinski definition) is 9. The fraction of sp³-hybridized carbons (Fsp3) is 0.161. The zero-order valence-electron chi connectivity index (χ0n) is 22.0. The predicted octanol–water partition coefficient (Wildman–Crippen LogP) is 4.44. The van der Waals surface area contributed by atoms with Crippen molar-refractivity contribution in [2.45, 2.75) is 31.3 Å². The number of aliphatic hydroxyl groups excluding tert-OH is 1. The number of hydrogen-bond donors (Lipinski definition) is 5. The van der Waals surface area contributed by atoms with Crippen molar-refractivity contribution < 1.29 is 14.7 Å². The Morgan fingerprint density at radius 3 is 2.71 bits per heavy atom. The number of Topliss-reactive ketones (excluding diaryl/α,β-unsaturated/α-hetero) is 1. The monoisotopic (exact) mass is 564 g/mol. The third kappa shape index (κ3) is 5.80. The molecule has 5 N–H and O–H groups in total. The van der Waals surface area contributed by atoms with Crippen molar-refractivity contribution in [1.29, 1.82) is 0 Å². The van der Waals surface area contributed by atoms with Gasteiger partial charge in [-0.3, -0.25) is 19.6 Å². The molecule has 5 aromatic rings. The molecule has 41 heavy (non-hydrogen) atoms. The van der Waals surface area contributed by atoms with Crippen LogP contribution in [0.2, 0.25) is 0 Å². The lowest BCUT2D eigenvalue weighted by molar-refractivity contribution is -0.140. The highest BCUT2D eigenvalue weighted by molar-refractivity contribution is 7.12. The highest BCUT2D eigenvalue weighted by Crippen LogP contribution is 2.27. The summed E-state index contributed by atoms with van der Waals surface area (Å²) in [5.74, 6) is -0.484. The predicted molar refractivity (Wildman–Crippen MR) is 161 cm³/mol. The van der Waals surface area contributed by atoms with E-state index in [0.717, 1.165) is 27.7 Å². The number of anilines is 3. The summed E-state index contributed by atoms with van der Waals surface area (Å²) >= 11 is 1.36. The second kappa shape index (κ2) is 11.8. The highest BCUT2D eigenvalue weighted by atomic mass is 32.1. The zero-order chi connectivity index (χ0) is 28.2. The SMILES string of the molecule is O=C(Nc1cccc(NC2C(NCc3cccnc3)C(=O)[C@H]2O)c1)c1sccc1NCc1ccnc2ccccc12. The van der Waals surface area contributed by atoms with Gasteiger partial charge in [0.25, 0.3) is 5.91 Å². The van der Waals surface area contributed by atoms with E-state index in [2.05, 4.69) is 31.2 Å². The molecule has 3 aromatic heterocycles. The Morgan fingerprint density at radius 1 is 0.951 bits per heavy atom. The third-order valence-corrected chi connectivity index (χ3v) is 7.99. The molecule has 3 atom stereocenters. The number of nitrogens with zero attached hydrogens (tertiary/aromatic N) is 2. The van der Waals surface area contributed by atoms with Gasteiger partial charge >= 0.3 is 0 Å². The lowest BCUT2D eigenvalue weighted by Gasteiger charge is -2.41. The van der Waals surface area contributed by atoms with Crippen molar-refractivity contribution in [3.8, 4) is 0 Å². The molecule has 206 valence electrons. The maximum atomic E-state index is 13.2. The van der Waals surface area contributed by atoms with E-state index in [1.54, 1.807) is 30.7 Å². The number of fused-ring (bicyclic) bond motifs is 1. The Bertz CT molecular complexity index is 1690.